The molecule has 0 atom stereocenters. The number of carbonyl (C=O) groups is 1. The lowest BCUT2D eigenvalue weighted by atomic mass is 10.2. The van der Waals surface area contributed by atoms with E-state index >= 15 is 0 Å². The normalized spacial score (nSPS) is 11.7. The molecule has 0 aliphatic heterocycles. The second-order valence-electron chi connectivity index (χ2n) is 3.15. The number of nitrogen functional groups attached to an aromatic ring is 1. The number of nitrogens with two attached hydrogens (primary N) is 1. The van der Waals surface area contributed by atoms with Gasteiger partial charge >= 0.3 is 5.97 Å². The maximum Gasteiger partial charge on any atom is 0.358 e. The lowest BCUT2D eigenvalue weighted by molar-refractivity contribution is -0.0230. The Balaban J connectivity index is 2.89. The van der Waals surface area contributed by atoms with Crippen LogP contribution >= 0.6 is 0 Å². The van der Waals surface area contributed by atoms with Crippen LogP contribution in [0.3, 0.4) is 0 Å². The molecule has 0 unspecified atom stereocenters. The van der Waals surface area contributed by atoms with Gasteiger partial charge in [-0.1, -0.05) is 6.92 Å². The predicted molar refractivity (Wildman–Crippen MR) is 48.8 cm³/mol. The first kappa shape index (κ1) is 11.4. The third kappa shape index (κ3) is 2.64. The van der Waals surface area contributed by atoms with Gasteiger partial charge in [0.1, 0.15) is 6.54 Å². The van der Waals surface area contributed by atoms with Crippen LogP contribution in [0, 0.1) is 0 Å². The SMILES string of the molecule is CCC(F)(F)Cn1cc(N)c(C(=O)O)n1. The van der Waals surface area contributed by atoms with Gasteiger partial charge in [0.2, 0.25) is 0 Å². The number of carboxylic acid groups (broad SMARTS) is 1. The minimum atomic E-state index is -2.91. The summed E-state index contributed by atoms with van der Waals surface area (Å²) >= 11 is 0. The van der Waals surface area contributed by atoms with Gasteiger partial charge in [-0.2, -0.15) is 5.10 Å². The zero-order valence-corrected chi connectivity index (χ0v) is 8.07. The Bertz CT molecular complexity index is 376. The number of aromatic nitrogens is 2. The first-order valence-electron chi connectivity index (χ1n) is 4.30. The van der Waals surface area contributed by atoms with Crippen LogP contribution in [0.25, 0.3) is 0 Å². The van der Waals surface area contributed by atoms with E-state index in [2.05, 4.69) is 5.10 Å². The highest BCUT2D eigenvalue weighted by atomic mass is 19.3. The molecule has 1 heterocycles. The largest absolute Gasteiger partial charge is 0.476 e. The van der Waals surface area contributed by atoms with Gasteiger partial charge in [0.05, 0.1) is 5.69 Å². The van der Waals surface area contributed by atoms with Crippen molar-refractivity contribution >= 4 is 11.7 Å². The fraction of sp³-hybridized carbons (Fsp3) is 0.500. The van der Waals surface area contributed by atoms with Crippen LogP contribution in [0.4, 0.5) is 14.5 Å². The number of nitrogens with zero attached hydrogens (tertiary/aromatic N) is 2. The zero-order chi connectivity index (χ0) is 11.6. The molecule has 0 amide bonds. The molecule has 7 heteroatoms. The number of aromatic carboxylic acids is 1. The highest BCUT2D eigenvalue weighted by Gasteiger charge is 2.28. The number of hydrogen-bond donors (Lipinski definition) is 2. The molecule has 0 saturated carbocycles. The van der Waals surface area contributed by atoms with Crippen molar-refractivity contribution in [3.05, 3.63) is 11.9 Å². The van der Waals surface area contributed by atoms with E-state index in [1.165, 1.54) is 6.92 Å². The number of anilines is 1. The van der Waals surface area contributed by atoms with Gasteiger partial charge in [0.15, 0.2) is 5.69 Å². The lowest BCUT2D eigenvalue weighted by Crippen LogP contribution is -2.23. The summed E-state index contributed by atoms with van der Waals surface area (Å²) in [4.78, 5) is 10.5. The quantitative estimate of drug-likeness (QED) is 0.797. The monoisotopic (exact) mass is 219 g/mol. The number of halogens is 2. The molecule has 1 rings (SSSR count). The van der Waals surface area contributed by atoms with E-state index in [4.69, 9.17) is 10.8 Å². The van der Waals surface area contributed by atoms with E-state index in [9.17, 15) is 13.6 Å². The van der Waals surface area contributed by atoms with Crippen LogP contribution in [-0.2, 0) is 6.54 Å². The second kappa shape index (κ2) is 3.84. The summed E-state index contributed by atoms with van der Waals surface area (Å²) in [6, 6.07) is 0. The van der Waals surface area contributed by atoms with Gasteiger partial charge in [-0.15, -0.1) is 0 Å². The molecule has 1 aromatic rings. The molecule has 5 nitrogen and oxygen atoms in total. The molecule has 0 bridgehead atoms. The fourth-order valence-corrected chi connectivity index (χ4v) is 1.03. The third-order valence-electron chi connectivity index (χ3n) is 1.90. The first-order valence-corrected chi connectivity index (χ1v) is 4.30. The van der Waals surface area contributed by atoms with Crippen molar-refractivity contribution < 1.29 is 18.7 Å². The number of rotatable bonds is 4. The van der Waals surface area contributed by atoms with Crippen LogP contribution in [0.2, 0.25) is 0 Å². The summed E-state index contributed by atoms with van der Waals surface area (Å²) in [7, 11) is 0. The summed E-state index contributed by atoms with van der Waals surface area (Å²) in [6.45, 7) is 0.673. The summed E-state index contributed by atoms with van der Waals surface area (Å²) in [5.74, 6) is -4.24. The summed E-state index contributed by atoms with van der Waals surface area (Å²) in [5, 5.41) is 12.0. The van der Waals surface area contributed by atoms with Crippen molar-refractivity contribution in [2.75, 3.05) is 5.73 Å². The molecule has 0 saturated heterocycles. The van der Waals surface area contributed by atoms with Crippen LogP contribution in [0.1, 0.15) is 23.8 Å². The smallest absolute Gasteiger partial charge is 0.358 e. The third-order valence-corrected chi connectivity index (χ3v) is 1.90. The van der Waals surface area contributed by atoms with Crippen LogP contribution in [0.5, 0.6) is 0 Å². The molecule has 84 valence electrons. The van der Waals surface area contributed by atoms with E-state index in [1.54, 1.807) is 0 Å². The van der Waals surface area contributed by atoms with Crippen molar-refractivity contribution in [1.29, 1.82) is 0 Å². The lowest BCUT2D eigenvalue weighted by Gasteiger charge is -2.13. The average molecular weight is 219 g/mol. The van der Waals surface area contributed by atoms with Crippen molar-refractivity contribution in [3.63, 3.8) is 0 Å². The molecule has 15 heavy (non-hydrogen) atoms. The molecule has 0 aromatic carbocycles. The molecule has 0 aliphatic rings. The van der Waals surface area contributed by atoms with E-state index in [-0.39, 0.29) is 12.1 Å². The van der Waals surface area contributed by atoms with Gasteiger partial charge in [-0.3, -0.25) is 4.68 Å². The second-order valence-corrected chi connectivity index (χ2v) is 3.15. The van der Waals surface area contributed by atoms with Crippen LogP contribution in [0.15, 0.2) is 6.20 Å². The van der Waals surface area contributed by atoms with Gasteiger partial charge in [-0.25, -0.2) is 13.6 Å². The maximum absolute atomic E-state index is 12.9. The first-order chi connectivity index (χ1) is 6.85. The predicted octanol–water partition coefficient (Wildman–Crippen LogP) is 1.21. The van der Waals surface area contributed by atoms with Gasteiger partial charge in [0, 0.05) is 12.6 Å². The van der Waals surface area contributed by atoms with Crippen LogP contribution in [-0.4, -0.2) is 26.8 Å². The Morgan fingerprint density at radius 1 is 1.73 bits per heavy atom. The highest BCUT2D eigenvalue weighted by Crippen LogP contribution is 2.21. The molecule has 0 aliphatic carbocycles. The Kier molecular flexibility index (Phi) is 2.92. The summed E-state index contributed by atoms with van der Waals surface area (Å²) in [6.07, 6.45) is 0.752. The van der Waals surface area contributed by atoms with Gasteiger partial charge in [0.25, 0.3) is 5.92 Å². The van der Waals surface area contributed by atoms with E-state index in [0.717, 1.165) is 10.9 Å². The number of alkyl halides is 2. The fourth-order valence-electron chi connectivity index (χ4n) is 1.03. The maximum atomic E-state index is 12.9. The minimum Gasteiger partial charge on any atom is -0.476 e. The molecule has 3 N–H and O–H groups in total. The Labute approximate surface area is 84.5 Å². The van der Waals surface area contributed by atoms with E-state index in [0.29, 0.717) is 0 Å². The molecule has 0 spiro atoms. The standard InChI is InChI=1S/C8H11F2N3O2/c1-2-8(9,10)4-13-3-5(11)6(12-13)7(14)15/h3H,2,4,11H2,1H3,(H,14,15). The molecule has 1 aromatic heterocycles. The van der Waals surface area contributed by atoms with Gasteiger partial charge in [-0.05, 0) is 0 Å². The topological polar surface area (TPSA) is 81.1 Å². The molecular formula is C8H11F2N3O2. The zero-order valence-electron chi connectivity index (χ0n) is 8.07. The number of hydrogen-bond acceptors (Lipinski definition) is 3. The Hall–Kier alpha value is -1.66. The van der Waals surface area contributed by atoms with Crippen molar-refractivity contribution in [3.8, 4) is 0 Å². The Morgan fingerprint density at radius 2 is 2.33 bits per heavy atom. The molecule has 0 fully saturated rings. The minimum absolute atomic E-state index is 0.116. The van der Waals surface area contributed by atoms with Crippen LogP contribution < -0.4 is 5.73 Å². The van der Waals surface area contributed by atoms with E-state index < -0.39 is 24.1 Å². The molecular weight excluding hydrogens is 208 g/mol. The average Bonchev–Trinajstić information content (AvgIpc) is 2.46. The highest BCUT2D eigenvalue weighted by molar-refractivity contribution is 5.91. The van der Waals surface area contributed by atoms with Crippen molar-refractivity contribution in [1.82, 2.24) is 9.78 Å². The summed E-state index contributed by atoms with van der Waals surface area (Å²) in [5.41, 5.74) is 4.78. The van der Waals surface area contributed by atoms with Crippen molar-refractivity contribution in [2.45, 2.75) is 25.8 Å². The molecule has 0 radical (unpaired) electrons. The van der Waals surface area contributed by atoms with Gasteiger partial charge < -0.3 is 10.8 Å². The van der Waals surface area contributed by atoms with Crippen molar-refractivity contribution in [2.24, 2.45) is 0 Å². The number of carboxylic acids is 1. The Morgan fingerprint density at radius 3 is 2.73 bits per heavy atom. The summed E-state index contributed by atoms with van der Waals surface area (Å²) < 4.78 is 26.7. The van der Waals surface area contributed by atoms with E-state index in [1.807, 2.05) is 0 Å².